The minimum absolute atomic E-state index is 0.331. The molecule has 2 aliphatic rings. The highest BCUT2D eigenvalue weighted by atomic mass is 32.2. The molecule has 5 unspecified atom stereocenters. The summed E-state index contributed by atoms with van der Waals surface area (Å²) >= 11 is 1.69. The number of ether oxygens (including phenoxy) is 1. The van der Waals surface area contributed by atoms with E-state index in [4.69, 9.17) is 4.74 Å². The molecule has 5 atom stereocenters. The summed E-state index contributed by atoms with van der Waals surface area (Å²) in [6, 6.07) is 16.3. The van der Waals surface area contributed by atoms with E-state index in [1.807, 2.05) is 30.3 Å². The first-order valence-corrected chi connectivity index (χ1v) is 10.1. The lowest BCUT2D eigenvalue weighted by Crippen LogP contribution is -2.58. The Bertz CT molecular complexity index is 857. The zero-order valence-electron chi connectivity index (χ0n) is 15.2. The minimum Gasteiger partial charge on any atom is -0.394 e. The Morgan fingerprint density at radius 2 is 1.68 bits per heavy atom. The Hall–Kier alpha value is -1.74. The summed E-state index contributed by atoms with van der Waals surface area (Å²) in [5.41, 5.74) is 2.86. The van der Waals surface area contributed by atoms with E-state index in [0.717, 1.165) is 21.9 Å². The summed E-state index contributed by atoms with van der Waals surface area (Å²) in [7, 11) is 0. The van der Waals surface area contributed by atoms with Crippen molar-refractivity contribution in [3.8, 4) is 0 Å². The lowest BCUT2D eigenvalue weighted by atomic mass is 9.92. The second-order valence-electron chi connectivity index (χ2n) is 7.13. The molecule has 7 heteroatoms. The van der Waals surface area contributed by atoms with Gasteiger partial charge in [-0.15, -0.1) is 0 Å². The molecule has 2 heterocycles. The van der Waals surface area contributed by atoms with Gasteiger partial charge >= 0.3 is 0 Å². The molecule has 4 N–H and O–H groups in total. The molecule has 2 aliphatic heterocycles. The number of nitrogens with zero attached hydrogens (tertiary/aromatic N) is 1. The van der Waals surface area contributed by atoms with Crippen molar-refractivity contribution < 1.29 is 25.2 Å². The molecule has 0 bridgehead atoms. The van der Waals surface area contributed by atoms with Crippen LogP contribution in [0, 0.1) is 0 Å². The number of hydrogen-bond donors (Lipinski definition) is 4. The van der Waals surface area contributed by atoms with Gasteiger partial charge in [0.25, 0.3) is 0 Å². The molecule has 0 amide bonds. The van der Waals surface area contributed by atoms with E-state index < -0.39 is 37.1 Å². The van der Waals surface area contributed by atoms with E-state index in [-0.39, 0.29) is 0 Å². The van der Waals surface area contributed by atoms with Crippen molar-refractivity contribution in [3.63, 3.8) is 0 Å². The van der Waals surface area contributed by atoms with E-state index in [1.54, 1.807) is 11.8 Å². The number of benzene rings is 2. The number of aliphatic hydroxyl groups is 4. The molecular formula is C21H23NO5S. The third-order valence-electron chi connectivity index (χ3n) is 5.13. The van der Waals surface area contributed by atoms with Crippen molar-refractivity contribution in [1.29, 1.82) is 0 Å². The lowest BCUT2D eigenvalue weighted by molar-refractivity contribution is -0.227. The summed E-state index contributed by atoms with van der Waals surface area (Å²) in [6.45, 7) is -0.422. The molecule has 28 heavy (non-hydrogen) atoms. The predicted molar refractivity (Wildman–Crippen MR) is 106 cm³/mol. The Morgan fingerprint density at radius 1 is 0.929 bits per heavy atom. The van der Waals surface area contributed by atoms with Crippen molar-refractivity contribution >= 4 is 23.2 Å². The number of rotatable bonds is 5. The normalized spacial score (nSPS) is 29.4. The number of aliphatic hydroxyl groups excluding tert-OH is 4. The Balaban J connectivity index is 1.43. The highest BCUT2D eigenvalue weighted by Crippen LogP contribution is 2.35. The van der Waals surface area contributed by atoms with Crippen LogP contribution in [0.15, 0.2) is 63.3 Å². The van der Waals surface area contributed by atoms with Crippen molar-refractivity contribution in [3.05, 3.63) is 54.1 Å². The highest BCUT2D eigenvalue weighted by molar-refractivity contribution is 7.99. The molecule has 148 valence electrons. The van der Waals surface area contributed by atoms with Crippen LogP contribution in [0.4, 0.5) is 5.69 Å². The van der Waals surface area contributed by atoms with Gasteiger partial charge in [0.15, 0.2) is 0 Å². The molecule has 0 radical (unpaired) electrons. The van der Waals surface area contributed by atoms with Gasteiger partial charge in [0.1, 0.15) is 24.4 Å². The quantitative estimate of drug-likeness (QED) is 0.608. The standard InChI is InChI=1S/C21H23NO5S/c23-11-18-20(25)21(26)19(24)17(27-18)10-13-8-12-9-15(6-7-16(12)22-13)28-14-4-2-1-3-5-14/h1-7,9,17-21,23-26H,8,10-11H2. The number of hydrogen-bond acceptors (Lipinski definition) is 7. The molecule has 2 aromatic rings. The average molecular weight is 401 g/mol. The largest absolute Gasteiger partial charge is 0.394 e. The summed E-state index contributed by atoms with van der Waals surface area (Å²) < 4.78 is 5.60. The van der Waals surface area contributed by atoms with Gasteiger partial charge in [0.05, 0.1) is 18.4 Å². The fourth-order valence-corrected chi connectivity index (χ4v) is 4.53. The molecule has 0 spiro atoms. The SMILES string of the molecule is OCC1OC(CC2=Nc3ccc(Sc4ccccc4)cc3C2)C(O)C(O)C1O. The Labute approximate surface area is 167 Å². The minimum atomic E-state index is -1.35. The fraction of sp³-hybridized carbons (Fsp3) is 0.381. The molecule has 2 aromatic carbocycles. The molecule has 1 fully saturated rings. The van der Waals surface area contributed by atoms with Gasteiger partial charge in [0.2, 0.25) is 0 Å². The van der Waals surface area contributed by atoms with E-state index in [2.05, 4.69) is 23.2 Å². The zero-order valence-corrected chi connectivity index (χ0v) is 16.0. The van der Waals surface area contributed by atoms with Gasteiger partial charge in [0, 0.05) is 28.3 Å². The van der Waals surface area contributed by atoms with Gasteiger partial charge in [-0.25, -0.2) is 0 Å². The average Bonchev–Trinajstić information content (AvgIpc) is 3.11. The maximum absolute atomic E-state index is 10.2. The van der Waals surface area contributed by atoms with Crippen LogP contribution in [-0.2, 0) is 11.2 Å². The molecule has 4 rings (SSSR count). The van der Waals surface area contributed by atoms with Crippen LogP contribution in [0.25, 0.3) is 0 Å². The van der Waals surface area contributed by atoms with Gasteiger partial charge < -0.3 is 25.2 Å². The zero-order chi connectivity index (χ0) is 19.7. The first-order chi connectivity index (χ1) is 13.5. The van der Waals surface area contributed by atoms with Gasteiger partial charge in [-0.1, -0.05) is 30.0 Å². The second-order valence-corrected chi connectivity index (χ2v) is 8.28. The summed E-state index contributed by atoms with van der Waals surface area (Å²) in [6.07, 6.45) is -4.55. The van der Waals surface area contributed by atoms with Crippen LogP contribution in [0.5, 0.6) is 0 Å². The summed E-state index contributed by atoms with van der Waals surface area (Å²) in [4.78, 5) is 6.94. The number of aliphatic imine (C=N–C) groups is 1. The monoisotopic (exact) mass is 401 g/mol. The Morgan fingerprint density at radius 3 is 2.43 bits per heavy atom. The maximum Gasteiger partial charge on any atom is 0.111 e. The number of fused-ring (bicyclic) bond motifs is 1. The van der Waals surface area contributed by atoms with E-state index in [0.29, 0.717) is 12.8 Å². The van der Waals surface area contributed by atoms with Crippen LogP contribution in [0.3, 0.4) is 0 Å². The first kappa shape index (κ1) is 19.6. The smallest absolute Gasteiger partial charge is 0.111 e. The van der Waals surface area contributed by atoms with Gasteiger partial charge in [-0.3, -0.25) is 4.99 Å². The third-order valence-corrected chi connectivity index (χ3v) is 6.13. The summed E-state index contributed by atoms with van der Waals surface area (Å²) in [5.74, 6) is 0. The van der Waals surface area contributed by atoms with Crippen molar-refractivity contribution in [2.75, 3.05) is 6.61 Å². The fourth-order valence-electron chi connectivity index (χ4n) is 3.63. The highest BCUT2D eigenvalue weighted by Gasteiger charge is 2.43. The second kappa shape index (κ2) is 8.32. The molecule has 0 saturated carbocycles. The topological polar surface area (TPSA) is 103 Å². The molecule has 1 saturated heterocycles. The van der Waals surface area contributed by atoms with Crippen LogP contribution in [-0.4, -0.2) is 63.3 Å². The van der Waals surface area contributed by atoms with E-state index >= 15 is 0 Å². The van der Waals surface area contributed by atoms with Crippen molar-refractivity contribution in [2.24, 2.45) is 4.99 Å². The maximum atomic E-state index is 10.2. The van der Waals surface area contributed by atoms with Crippen molar-refractivity contribution in [1.82, 2.24) is 0 Å². The molecule has 0 aromatic heterocycles. The summed E-state index contributed by atoms with van der Waals surface area (Å²) in [5, 5.41) is 39.4. The predicted octanol–water partition coefficient (Wildman–Crippen LogP) is 1.70. The molecular weight excluding hydrogens is 378 g/mol. The lowest BCUT2D eigenvalue weighted by Gasteiger charge is -2.40. The van der Waals surface area contributed by atoms with Crippen LogP contribution in [0.1, 0.15) is 12.0 Å². The van der Waals surface area contributed by atoms with Gasteiger partial charge in [-0.2, -0.15) is 0 Å². The Kier molecular flexibility index (Phi) is 5.82. The van der Waals surface area contributed by atoms with Crippen LogP contribution >= 0.6 is 11.8 Å². The van der Waals surface area contributed by atoms with Crippen molar-refractivity contribution in [2.45, 2.75) is 53.2 Å². The van der Waals surface area contributed by atoms with E-state index in [1.165, 1.54) is 4.90 Å². The molecule has 0 aliphatic carbocycles. The third kappa shape index (κ3) is 4.00. The molecule has 6 nitrogen and oxygen atoms in total. The van der Waals surface area contributed by atoms with Gasteiger partial charge in [-0.05, 0) is 35.9 Å². The van der Waals surface area contributed by atoms with E-state index in [9.17, 15) is 20.4 Å². The van der Waals surface area contributed by atoms with Crippen LogP contribution in [0.2, 0.25) is 0 Å². The van der Waals surface area contributed by atoms with Crippen LogP contribution < -0.4 is 0 Å². The first-order valence-electron chi connectivity index (χ1n) is 9.28.